The third kappa shape index (κ3) is 2.39. The topological polar surface area (TPSA) is 58.0 Å². The Bertz CT molecular complexity index is 286. The number of aliphatic hydroxyl groups excluding tert-OH is 1. The lowest BCUT2D eigenvalue weighted by Crippen LogP contribution is -2.07. The molecular formula is C9H13N3O. The van der Waals surface area contributed by atoms with Crippen molar-refractivity contribution in [2.24, 2.45) is 5.92 Å². The third-order valence-electron chi connectivity index (χ3n) is 2.12. The van der Waals surface area contributed by atoms with E-state index < -0.39 is 0 Å². The molecule has 0 aromatic carbocycles. The molecule has 1 aromatic rings. The highest BCUT2D eigenvalue weighted by Crippen LogP contribution is 2.28. The average Bonchev–Trinajstić information content (AvgIpc) is 2.99. The van der Waals surface area contributed by atoms with Gasteiger partial charge in [-0.05, 0) is 24.8 Å². The molecule has 1 aromatic heterocycles. The number of anilines is 1. The summed E-state index contributed by atoms with van der Waals surface area (Å²) in [4.78, 5) is 8.17. The first-order chi connectivity index (χ1) is 6.38. The highest BCUT2D eigenvalue weighted by Gasteiger charge is 2.20. The predicted octanol–water partition coefficient (Wildman–Crippen LogP) is 0.791. The van der Waals surface area contributed by atoms with Crippen LogP contribution in [-0.2, 0) is 6.61 Å². The van der Waals surface area contributed by atoms with Crippen molar-refractivity contribution in [3.8, 4) is 0 Å². The van der Waals surface area contributed by atoms with Crippen LogP contribution in [0.3, 0.4) is 0 Å². The lowest BCUT2D eigenvalue weighted by Gasteiger charge is -2.03. The summed E-state index contributed by atoms with van der Waals surface area (Å²) in [6.07, 6.45) is 4.28. The van der Waals surface area contributed by atoms with Crippen molar-refractivity contribution in [2.45, 2.75) is 19.4 Å². The van der Waals surface area contributed by atoms with Crippen LogP contribution in [0.25, 0.3) is 0 Å². The summed E-state index contributed by atoms with van der Waals surface area (Å²) in [6, 6.07) is 1.71. The molecule has 2 N–H and O–H groups in total. The number of nitrogens with zero attached hydrogens (tertiary/aromatic N) is 2. The van der Waals surface area contributed by atoms with Crippen LogP contribution in [-0.4, -0.2) is 21.6 Å². The largest absolute Gasteiger partial charge is 0.390 e. The standard InChI is InChI=1S/C9H13N3O/c13-6-8-3-4-10-9(12-8)11-5-7-1-2-7/h3-4,7,13H,1-2,5-6H2,(H,10,11,12). The Morgan fingerprint density at radius 1 is 1.54 bits per heavy atom. The van der Waals surface area contributed by atoms with Crippen LogP contribution in [0.2, 0.25) is 0 Å². The zero-order valence-corrected chi connectivity index (χ0v) is 7.40. The van der Waals surface area contributed by atoms with Crippen molar-refractivity contribution < 1.29 is 5.11 Å². The Morgan fingerprint density at radius 3 is 3.08 bits per heavy atom. The molecule has 4 nitrogen and oxygen atoms in total. The second-order valence-electron chi connectivity index (χ2n) is 3.35. The molecular weight excluding hydrogens is 166 g/mol. The van der Waals surface area contributed by atoms with Gasteiger partial charge >= 0.3 is 0 Å². The Balaban J connectivity index is 1.93. The smallest absolute Gasteiger partial charge is 0.222 e. The first-order valence-electron chi connectivity index (χ1n) is 4.55. The first-order valence-corrected chi connectivity index (χ1v) is 4.55. The molecule has 1 aliphatic carbocycles. The van der Waals surface area contributed by atoms with Crippen LogP contribution in [0.15, 0.2) is 12.3 Å². The van der Waals surface area contributed by atoms with Gasteiger partial charge in [0.1, 0.15) is 0 Å². The lowest BCUT2D eigenvalue weighted by molar-refractivity contribution is 0.277. The Kier molecular flexibility index (Phi) is 2.40. The number of aliphatic hydroxyl groups is 1. The highest BCUT2D eigenvalue weighted by molar-refractivity contribution is 5.25. The first kappa shape index (κ1) is 8.44. The van der Waals surface area contributed by atoms with Gasteiger partial charge in [0.2, 0.25) is 5.95 Å². The fraction of sp³-hybridized carbons (Fsp3) is 0.556. The van der Waals surface area contributed by atoms with Crippen molar-refractivity contribution in [1.29, 1.82) is 0 Å². The minimum Gasteiger partial charge on any atom is -0.390 e. The number of nitrogens with one attached hydrogen (secondary N) is 1. The minimum atomic E-state index is -0.0272. The van der Waals surface area contributed by atoms with Gasteiger partial charge in [-0.1, -0.05) is 0 Å². The van der Waals surface area contributed by atoms with Crippen molar-refractivity contribution in [3.05, 3.63) is 18.0 Å². The zero-order valence-electron chi connectivity index (χ0n) is 7.40. The van der Waals surface area contributed by atoms with E-state index in [9.17, 15) is 0 Å². The summed E-state index contributed by atoms with van der Waals surface area (Å²) in [5, 5.41) is 12.0. The molecule has 1 heterocycles. The molecule has 4 heteroatoms. The van der Waals surface area contributed by atoms with E-state index in [4.69, 9.17) is 5.11 Å². The second-order valence-corrected chi connectivity index (χ2v) is 3.35. The van der Waals surface area contributed by atoms with Crippen molar-refractivity contribution in [3.63, 3.8) is 0 Å². The van der Waals surface area contributed by atoms with E-state index in [0.717, 1.165) is 12.5 Å². The lowest BCUT2D eigenvalue weighted by atomic mass is 10.4. The molecule has 2 rings (SSSR count). The molecule has 0 unspecified atom stereocenters. The van der Waals surface area contributed by atoms with Gasteiger partial charge in [-0.25, -0.2) is 9.97 Å². The minimum absolute atomic E-state index is 0.0272. The molecule has 0 atom stereocenters. The summed E-state index contributed by atoms with van der Waals surface area (Å²) in [5.41, 5.74) is 0.660. The van der Waals surface area contributed by atoms with Gasteiger partial charge in [-0.15, -0.1) is 0 Å². The van der Waals surface area contributed by atoms with Gasteiger partial charge in [0.25, 0.3) is 0 Å². The SMILES string of the molecule is OCc1ccnc(NCC2CC2)n1. The quantitative estimate of drug-likeness (QED) is 0.717. The van der Waals surface area contributed by atoms with Crippen LogP contribution in [0.5, 0.6) is 0 Å². The molecule has 1 fully saturated rings. The maximum Gasteiger partial charge on any atom is 0.222 e. The Hall–Kier alpha value is -1.16. The van der Waals surface area contributed by atoms with Gasteiger partial charge in [0, 0.05) is 12.7 Å². The van der Waals surface area contributed by atoms with E-state index in [1.54, 1.807) is 12.3 Å². The molecule has 0 bridgehead atoms. The monoisotopic (exact) mass is 179 g/mol. The molecule has 1 aliphatic rings. The fourth-order valence-corrected chi connectivity index (χ4v) is 1.13. The summed E-state index contributed by atoms with van der Waals surface area (Å²) in [5.74, 6) is 1.43. The van der Waals surface area contributed by atoms with Gasteiger partial charge in [0.15, 0.2) is 0 Å². The normalized spacial score (nSPS) is 15.8. The average molecular weight is 179 g/mol. The van der Waals surface area contributed by atoms with E-state index in [2.05, 4.69) is 15.3 Å². The van der Waals surface area contributed by atoms with Crippen LogP contribution in [0, 0.1) is 5.92 Å². The Labute approximate surface area is 77.0 Å². The van der Waals surface area contributed by atoms with E-state index in [1.807, 2.05) is 0 Å². The molecule has 0 amide bonds. The molecule has 0 aliphatic heterocycles. The molecule has 13 heavy (non-hydrogen) atoms. The van der Waals surface area contributed by atoms with Gasteiger partial charge < -0.3 is 10.4 Å². The van der Waals surface area contributed by atoms with Crippen molar-refractivity contribution in [2.75, 3.05) is 11.9 Å². The Morgan fingerprint density at radius 2 is 2.38 bits per heavy atom. The predicted molar refractivity (Wildman–Crippen MR) is 49.2 cm³/mol. The summed E-state index contributed by atoms with van der Waals surface area (Å²) >= 11 is 0. The van der Waals surface area contributed by atoms with Crippen molar-refractivity contribution in [1.82, 2.24) is 9.97 Å². The van der Waals surface area contributed by atoms with Gasteiger partial charge in [0.05, 0.1) is 12.3 Å². The number of rotatable bonds is 4. The summed E-state index contributed by atoms with van der Waals surface area (Å²) in [6.45, 7) is 0.926. The molecule has 70 valence electrons. The fourth-order valence-electron chi connectivity index (χ4n) is 1.13. The van der Waals surface area contributed by atoms with Crippen LogP contribution >= 0.6 is 0 Å². The van der Waals surface area contributed by atoms with E-state index in [0.29, 0.717) is 11.6 Å². The van der Waals surface area contributed by atoms with Crippen LogP contribution < -0.4 is 5.32 Å². The summed E-state index contributed by atoms with van der Waals surface area (Å²) in [7, 11) is 0. The maximum absolute atomic E-state index is 8.83. The third-order valence-corrected chi connectivity index (χ3v) is 2.12. The van der Waals surface area contributed by atoms with E-state index >= 15 is 0 Å². The molecule has 0 saturated heterocycles. The summed E-state index contributed by atoms with van der Waals surface area (Å²) < 4.78 is 0. The second kappa shape index (κ2) is 3.70. The molecule has 1 saturated carbocycles. The molecule has 0 spiro atoms. The number of aromatic nitrogens is 2. The van der Waals surface area contributed by atoms with Gasteiger partial charge in [-0.2, -0.15) is 0 Å². The zero-order chi connectivity index (χ0) is 9.10. The van der Waals surface area contributed by atoms with Gasteiger partial charge in [-0.3, -0.25) is 0 Å². The van der Waals surface area contributed by atoms with Crippen molar-refractivity contribution >= 4 is 5.95 Å². The number of hydrogen-bond acceptors (Lipinski definition) is 4. The number of hydrogen-bond donors (Lipinski definition) is 2. The van der Waals surface area contributed by atoms with Crippen LogP contribution in [0.1, 0.15) is 18.5 Å². The van der Waals surface area contributed by atoms with E-state index in [-0.39, 0.29) is 6.61 Å². The highest BCUT2D eigenvalue weighted by atomic mass is 16.3. The maximum atomic E-state index is 8.83. The van der Waals surface area contributed by atoms with Crippen LogP contribution in [0.4, 0.5) is 5.95 Å². The molecule has 0 radical (unpaired) electrons. The van der Waals surface area contributed by atoms with E-state index in [1.165, 1.54) is 12.8 Å².